The first kappa shape index (κ1) is 31.5. The van der Waals surface area contributed by atoms with Gasteiger partial charge in [0.05, 0.1) is 30.1 Å². The average Bonchev–Trinajstić information content (AvgIpc) is 3.03. The van der Waals surface area contributed by atoms with Crippen LogP contribution in [0.5, 0.6) is 11.5 Å². The summed E-state index contributed by atoms with van der Waals surface area (Å²) >= 11 is 5.10. The van der Waals surface area contributed by atoms with Crippen molar-refractivity contribution in [3.8, 4) is 11.5 Å². The lowest BCUT2D eigenvalue weighted by molar-refractivity contribution is 0.0982. The van der Waals surface area contributed by atoms with Gasteiger partial charge in [-0.3, -0.25) is 4.90 Å². The molecule has 43 heavy (non-hydrogen) atoms. The Morgan fingerprint density at radius 3 is 2.40 bits per heavy atom. The second-order valence-electron chi connectivity index (χ2n) is 10.9. The number of piperazine rings is 1. The van der Waals surface area contributed by atoms with E-state index in [9.17, 15) is 0 Å². The molecule has 0 unspecified atom stereocenters. The summed E-state index contributed by atoms with van der Waals surface area (Å²) in [6, 6.07) is 10.9. The van der Waals surface area contributed by atoms with E-state index in [0.717, 1.165) is 52.5 Å². The number of piperidine rings is 1. The zero-order valence-corrected chi connectivity index (χ0v) is 28.1. The van der Waals surface area contributed by atoms with Crippen LogP contribution in [0.3, 0.4) is 0 Å². The Labute approximate surface area is 268 Å². The molecule has 0 bridgehead atoms. The summed E-state index contributed by atoms with van der Waals surface area (Å²) in [5, 5.41) is 6.84. The summed E-state index contributed by atoms with van der Waals surface area (Å²) in [6.07, 6.45) is 7.02. The van der Waals surface area contributed by atoms with Crippen LogP contribution in [0.1, 0.15) is 25.3 Å². The van der Waals surface area contributed by atoms with Crippen molar-refractivity contribution < 1.29 is 9.47 Å². The Morgan fingerprint density at radius 2 is 1.72 bits per heavy atom. The minimum atomic E-state index is 0.467. The Bertz CT molecular complexity index is 1380. The fourth-order valence-corrected chi connectivity index (χ4v) is 6.60. The lowest BCUT2D eigenvalue weighted by atomic mass is 9.99. The van der Waals surface area contributed by atoms with Crippen LogP contribution in [0.25, 0.3) is 0 Å². The molecular formula is C31H43BrN8O2S. The number of anilines is 6. The van der Waals surface area contributed by atoms with Gasteiger partial charge in [-0.05, 0) is 66.0 Å². The van der Waals surface area contributed by atoms with E-state index in [4.69, 9.17) is 14.5 Å². The number of hydrogen-bond acceptors (Lipinski definition) is 11. The van der Waals surface area contributed by atoms with Crippen LogP contribution in [0.15, 0.2) is 41.0 Å². The monoisotopic (exact) mass is 670 g/mol. The van der Waals surface area contributed by atoms with Crippen molar-refractivity contribution in [1.29, 1.82) is 0 Å². The van der Waals surface area contributed by atoms with Gasteiger partial charge in [0.1, 0.15) is 23.0 Å². The molecule has 0 radical (unpaired) electrons. The molecular weight excluding hydrogens is 628 g/mol. The minimum Gasteiger partial charge on any atom is -0.494 e. The van der Waals surface area contributed by atoms with Gasteiger partial charge in [0.2, 0.25) is 5.95 Å². The average molecular weight is 672 g/mol. The van der Waals surface area contributed by atoms with Crippen molar-refractivity contribution >= 4 is 62.4 Å². The molecule has 2 fully saturated rings. The van der Waals surface area contributed by atoms with Gasteiger partial charge in [-0.15, -0.1) is 0 Å². The van der Waals surface area contributed by atoms with Crippen molar-refractivity contribution in [1.82, 2.24) is 19.8 Å². The highest BCUT2D eigenvalue weighted by Gasteiger charge is 2.28. The fourth-order valence-electron chi connectivity index (χ4n) is 5.89. The van der Waals surface area contributed by atoms with Crippen molar-refractivity contribution in [3.05, 3.63) is 46.6 Å². The third kappa shape index (κ3) is 7.42. The third-order valence-corrected chi connectivity index (χ3v) is 9.32. The normalized spacial score (nSPS) is 16.7. The molecule has 0 atom stereocenters. The topological polar surface area (TPSA) is 90.0 Å². The van der Waals surface area contributed by atoms with Crippen LogP contribution >= 0.6 is 27.9 Å². The number of nitrogens with zero attached hydrogens (tertiary/aromatic N) is 5. The fraction of sp³-hybridized carbons (Fsp3) is 0.484. The van der Waals surface area contributed by atoms with E-state index < -0.39 is 0 Å². The molecule has 0 aliphatic carbocycles. The van der Waals surface area contributed by atoms with Gasteiger partial charge in [-0.2, -0.15) is 4.98 Å². The minimum absolute atomic E-state index is 0.467. The molecule has 2 aliphatic heterocycles. The van der Waals surface area contributed by atoms with Gasteiger partial charge in [0.25, 0.3) is 0 Å². The first-order chi connectivity index (χ1) is 20.9. The number of benzene rings is 2. The quantitative estimate of drug-likeness (QED) is 0.203. The number of ether oxygens (including phenoxy) is 2. The summed E-state index contributed by atoms with van der Waals surface area (Å²) in [4.78, 5) is 17.0. The first-order valence-corrected chi connectivity index (χ1v) is 16.9. The van der Waals surface area contributed by atoms with Crippen LogP contribution in [0.2, 0.25) is 0 Å². The number of halogens is 1. The number of aryl methyl sites for hydroxylation is 1. The maximum absolute atomic E-state index is 5.89. The molecule has 3 N–H and O–H groups in total. The van der Waals surface area contributed by atoms with Gasteiger partial charge in [-0.25, -0.2) is 4.98 Å². The summed E-state index contributed by atoms with van der Waals surface area (Å²) < 4.78 is 15.5. The van der Waals surface area contributed by atoms with Crippen LogP contribution in [-0.4, -0.2) is 92.6 Å². The molecule has 3 aromatic rings. The van der Waals surface area contributed by atoms with Crippen molar-refractivity contribution in [2.45, 2.75) is 32.2 Å². The van der Waals surface area contributed by atoms with Crippen LogP contribution in [0.4, 0.5) is 34.5 Å². The van der Waals surface area contributed by atoms with Crippen molar-refractivity contribution in [2.24, 2.45) is 0 Å². The number of hydrogen-bond donors (Lipinski definition) is 3. The molecule has 2 aliphatic rings. The van der Waals surface area contributed by atoms with Gasteiger partial charge in [-0.1, -0.05) is 24.9 Å². The third-order valence-electron chi connectivity index (χ3n) is 8.34. The highest BCUT2D eigenvalue weighted by molar-refractivity contribution is 9.10. The van der Waals surface area contributed by atoms with Crippen LogP contribution in [0, 0.1) is 0 Å². The van der Waals surface area contributed by atoms with E-state index in [0.29, 0.717) is 17.8 Å². The van der Waals surface area contributed by atoms with Gasteiger partial charge in [0.15, 0.2) is 0 Å². The number of rotatable bonds is 11. The highest BCUT2D eigenvalue weighted by atomic mass is 79.9. The second-order valence-corrected chi connectivity index (χ2v) is 12.4. The Kier molecular flexibility index (Phi) is 10.8. The predicted octanol–water partition coefficient (Wildman–Crippen LogP) is 6.21. The van der Waals surface area contributed by atoms with E-state index >= 15 is 0 Å². The van der Waals surface area contributed by atoms with Crippen molar-refractivity contribution in [3.63, 3.8) is 0 Å². The molecule has 10 nitrogen and oxygen atoms in total. The number of aromatic nitrogens is 2. The van der Waals surface area contributed by atoms with E-state index in [1.807, 2.05) is 24.5 Å². The second kappa shape index (κ2) is 14.7. The molecule has 1 aromatic heterocycles. The van der Waals surface area contributed by atoms with E-state index in [1.165, 1.54) is 62.2 Å². The predicted molar refractivity (Wildman–Crippen MR) is 183 cm³/mol. The van der Waals surface area contributed by atoms with E-state index in [-0.39, 0.29) is 0 Å². The Balaban J connectivity index is 1.33. The smallest absolute Gasteiger partial charge is 0.229 e. The van der Waals surface area contributed by atoms with Gasteiger partial charge < -0.3 is 34.6 Å². The largest absolute Gasteiger partial charge is 0.494 e. The molecule has 2 saturated heterocycles. The van der Waals surface area contributed by atoms with Crippen LogP contribution in [-0.2, 0) is 6.42 Å². The molecule has 232 valence electrons. The lowest BCUT2D eigenvalue weighted by Crippen LogP contribution is -2.52. The summed E-state index contributed by atoms with van der Waals surface area (Å²) in [7, 11) is 5.60. The molecule has 0 spiro atoms. The maximum atomic E-state index is 5.89. The summed E-state index contributed by atoms with van der Waals surface area (Å²) in [5.41, 5.74) is 5.06. The molecule has 2 aromatic carbocycles. The molecule has 3 heterocycles. The standard InChI is InChI=1S/C31H43BrN8O2S/c1-6-21-18-25(28(42-4)19-26(21)40-12-10-22(11-13-40)39-16-14-38(2)15-17-39)35-31-33-20-23(32)30(36-31)34-24-8-7-9-27(41-3)29(24)37-43-5/h7-9,18-20,22,37H,6,10-17H2,1-5H3,(H2,33,34,35,36). The molecule has 12 heteroatoms. The number of nitrogens with one attached hydrogen (secondary N) is 3. The SMILES string of the molecule is CCc1cc(Nc2ncc(Br)c(Nc3cccc(OC)c3NSC)n2)c(OC)cc1N1CCC(N2CCN(C)CC2)CC1. The zero-order chi connectivity index (χ0) is 30.3. The number of methoxy groups -OCH3 is 2. The van der Waals surface area contributed by atoms with Crippen molar-refractivity contribution in [2.75, 3.05) is 87.0 Å². The zero-order valence-electron chi connectivity index (χ0n) is 25.7. The molecule has 0 saturated carbocycles. The Hall–Kier alpha value is -2.93. The highest BCUT2D eigenvalue weighted by Crippen LogP contribution is 2.39. The molecule has 0 amide bonds. The van der Waals surface area contributed by atoms with E-state index in [2.05, 4.69) is 77.1 Å². The molecule has 5 rings (SSSR count). The lowest BCUT2D eigenvalue weighted by Gasteiger charge is -2.43. The van der Waals surface area contributed by atoms with Gasteiger partial charge >= 0.3 is 0 Å². The maximum Gasteiger partial charge on any atom is 0.229 e. The number of likely N-dealkylation sites (N-methyl/N-ethyl adjacent to an activating group) is 1. The first-order valence-electron chi connectivity index (χ1n) is 14.8. The van der Waals surface area contributed by atoms with Crippen LogP contribution < -0.4 is 29.7 Å². The Morgan fingerprint density at radius 1 is 0.977 bits per heavy atom. The summed E-state index contributed by atoms with van der Waals surface area (Å²) in [5.74, 6) is 2.61. The number of para-hydroxylation sites is 1. The summed E-state index contributed by atoms with van der Waals surface area (Å²) in [6.45, 7) is 9.02. The van der Waals surface area contributed by atoms with E-state index in [1.54, 1.807) is 20.4 Å². The van der Waals surface area contributed by atoms with Gasteiger partial charge in [0, 0.05) is 69.5 Å².